The van der Waals surface area contributed by atoms with E-state index in [1.54, 1.807) is 0 Å². The Hall–Kier alpha value is -2.50. The number of likely N-dealkylation sites (tertiary alicyclic amines) is 1. The van der Waals surface area contributed by atoms with Gasteiger partial charge in [-0.15, -0.1) is 0 Å². The van der Waals surface area contributed by atoms with E-state index in [1.807, 2.05) is 30.9 Å². The lowest BCUT2D eigenvalue weighted by molar-refractivity contribution is -0.129. The van der Waals surface area contributed by atoms with Crippen molar-refractivity contribution in [2.24, 2.45) is 0 Å². The monoisotopic (exact) mass is 328 g/mol. The predicted molar refractivity (Wildman–Crippen MR) is 86.2 cm³/mol. The maximum absolute atomic E-state index is 12.6. The SMILES string of the molecule is Cc1noc(C)c1CC(=O)N1CCC(c2ccc3c(c2)OCO3)C1. The van der Waals surface area contributed by atoms with E-state index in [0.29, 0.717) is 12.3 Å². The molecule has 1 atom stereocenters. The van der Waals surface area contributed by atoms with Crippen LogP contribution in [-0.2, 0) is 11.2 Å². The van der Waals surface area contributed by atoms with Crippen LogP contribution in [0.4, 0.5) is 0 Å². The number of rotatable bonds is 3. The number of carbonyl (C=O) groups excluding carboxylic acids is 1. The normalized spacial score (nSPS) is 19.1. The van der Waals surface area contributed by atoms with E-state index in [4.69, 9.17) is 14.0 Å². The lowest BCUT2D eigenvalue weighted by atomic mass is 9.98. The number of ether oxygens (including phenoxy) is 2. The molecule has 1 aromatic heterocycles. The molecule has 0 spiro atoms. The summed E-state index contributed by atoms with van der Waals surface area (Å²) in [6.45, 7) is 5.52. The van der Waals surface area contributed by atoms with Crippen LogP contribution in [0, 0.1) is 13.8 Å². The molecule has 1 amide bonds. The Balaban J connectivity index is 1.43. The van der Waals surface area contributed by atoms with Crippen molar-refractivity contribution in [3.63, 3.8) is 0 Å². The fourth-order valence-corrected chi connectivity index (χ4v) is 3.44. The van der Waals surface area contributed by atoms with Gasteiger partial charge in [0, 0.05) is 24.6 Å². The number of nitrogens with zero attached hydrogens (tertiary/aromatic N) is 2. The van der Waals surface area contributed by atoms with Gasteiger partial charge in [0.1, 0.15) is 5.76 Å². The van der Waals surface area contributed by atoms with E-state index in [9.17, 15) is 4.79 Å². The van der Waals surface area contributed by atoms with Crippen LogP contribution in [-0.4, -0.2) is 35.8 Å². The van der Waals surface area contributed by atoms with E-state index >= 15 is 0 Å². The third-order valence-corrected chi connectivity index (χ3v) is 4.92. The number of benzene rings is 1. The highest BCUT2D eigenvalue weighted by molar-refractivity contribution is 5.79. The van der Waals surface area contributed by atoms with Gasteiger partial charge in [0.05, 0.1) is 12.1 Å². The van der Waals surface area contributed by atoms with Crippen LogP contribution < -0.4 is 9.47 Å². The first-order valence-corrected chi connectivity index (χ1v) is 8.21. The molecule has 2 aliphatic heterocycles. The van der Waals surface area contributed by atoms with Gasteiger partial charge in [0.25, 0.3) is 0 Å². The van der Waals surface area contributed by atoms with Crippen molar-refractivity contribution in [3.8, 4) is 11.5 Å². The lowest BCUT2D eigenvalue weighted by Crippen LogP contribution is -2.30. The van der Waals surface area contributed by atoms with Gasteiger partial charge in [-0.1, -0.05) is 11.2 Å². The average Bonchev–Trinajstić information content (AvgIpc) is 3.29. The molecule has 1 saturated heterocycles. The fourth-order valence-electron chi connectivity index (χ4n) is 3.44. The van der Waals surface area contributed by atoms with Crippen molar-refractivity contribution in [2.45, 2.75) is 32.6 Å². The Morgan fingerprint density at radius 3 is 2.92 bits per heavy atom. The highest BCUT2D eigenvalue weighted by Gasteiger charge is 2.29. The molecule has 2 aliphatic rings. The summed E-state index contributed by atoms with van der Waals surface area (Å²) in [7, 11) is 0. The zero-order chi connectivity index (χ0) is 16.7. The molecule has 0 N–H and O–H groups in total. The third kappa shape index (κ3) is 2.62. The minimum atomic E-state index is 0.132. The first-order chi connectivity index (χ1) is 11.6. The quantitative estimate of drug-likeness (QED) is 0.866. The first-order valence-electron chi connectivity index (χ1n) is 8.21. The van der Waals surface area contributed by atoms with E-state index < -0.39 is 0 Å². The van der Waals surface area contributed by atoms with Crippen molar-refractivity contribution < 1.29 is 18.8 Å². The van der Waals surface area contributed by atoms with Crippen molar-refractivity contribution in [1.29, 1.82) is 0 Å². The molecule has 6 heteroatoms. The summed E-state index contributed by atoms with van der Waals surface area (Å²) in [6, 6.07) is 6.06. The number of aryl methyl sites for hydroxylation is 2. The summed E-state index contributed by atoms with van der Waals surface area (Å²) in [5.41, 5.74) is 2.91. The Morgan fingerprint density at radius 1 is 1.29 bits per heavy atom. The van der Waals surface area contributed by atoms with E-state index in [2.05, 4.69) is 11.2 Å². The number of aromatic nitrogens is 1. The van der Waals surface area contributed by atoms with Crippen LogP contribution in [0.5, 0.6) is 11.5 Å². The molecule has 24 heavy (non-hydrogen) atoms. The van der Waals surface area contributed by atoms with Gasteiger partial charge in [0.2, 0.25) is 12.7 Å². The van der Waals surface area contributed by atoms with Crippen LogP contribution in [0.25, 0.3) is 0 Å². The molecule has 0 aliphatic carbocycles. The second-order valence-corrected chi connectivity index (χ2v) is 6.42. The summed E-state index contributed by atoms with van der Waals surface area (Å²) < 4.78 is 15.9. The molecular formula is C18H20N2O4. The van der Waals surface area contributed by atoms with Gasteiger partial charge in [-0.3, -0.25) is 4.79 Å². The minimum absolute atomic E-state index is 0.132. The molecule has 0 radical (unpaired) electrons. The van der Waals surface area contributed by atoms with Crippen LogP contribution >= 0.6 is 0 Å². The molecule has 6 nitrogen and oxygen atoms in total. The highest BCUT2D eigenvalue weighted by atomic mass is 16.7. The Bertz CT molecular complexity index is 764. The minimum Gasteiger partial charge on any atom is -0.454 e. The number of hydrogen-bond donors (Lipinski definition) is 0. The summed E-state index contributed by atoms with van der Waals surface area (Å²) in [6.07, 6.45) is 1.32. The zero-order valence-corrected chi connectivity index (χ0v) is 13.9. The predicted octanol–water partition coefficient (Wildman–Crippen LogP) is 2.58. The summed E-state index contributed by atoms with van der Waals surface area (Å²) in [4.78, 5) is 14.5. The smallest absolute Gasteiger partial charge is 0.231 e. The van der Waals surface area contributed by atoms with Crippen molar-refractivity contribution >= 4 is 5.91 Å². The highest BCUT2D eigenvalue weighted by Crippen LogP contribution is 2.37. The second-order valence-electron chi connectivity index (χ2n) is 6.42. The van der Waals surface area contributed by atoms with Crippen LogP contribution in [0.3, 0.4) is 0 Å². The molecule has 3 heterocycles. The van der Waals surface area contributed by atoms with Crippen LogP contribution in [0.2, 0.25) is 0 Å². The van der Waals surface area contributed by atoms with Gasteiger partial charge in [0.15, 0.2) is 11.5 Å². The van der Waals surface area contributed by atoms with Crippen molar-refractivity contribution in [3.05, 3.63) is 40.8 Å². The first kappa shape index (κ1) is 15.1. The van der Waals surface area contributed by atoms with Gasteiger partial charge in [-0.25, -0.2) is 0 Å². The van der Waals surface area contributed by atoms with Crippen LogP contribution in [0.15, 0.2) is 22.7 Å². The Morgan fingerprint density at radius 2 is 2.12 bits per heavy atom. The molecule has 126 valence electrons. The maximum atomic E-state index is 12.6. The summed E-state index contributed by atoms with van der Waals surface area (Å²) in [5.74, 6) is 2.80. The summed E-state index contributed by atoms with van der Waals surface area (Å²) >= 11 is 0. The molecule has 0 saturated carbocycles. The lowest BCUT2D eigenvalue weighted by Gasteiger charge is -2.17. The standard InChI is InChI=1S/C18H20N2O4/c1-11-15(12(2)24-19-11)8-18(21)20-6-5-14(9-20)13-3-4-16-17(7-13)23-10-22-16/h3-4,7,14H,5-6,8-10H2,1-2H3. The van der Waals surface area contributed by atoms with Crippen molar-refractivity contribution in [1.82, 2.24) is 10.1 Å². The van der Waals surface area contributed by atoms with Gasteiger partial charge in [-0.05, 0) is 38.0 Å². The topological polar surface area (TPSA) is 64.8 Å². The molecular weight excluding hydrogens is 308 g/mol. The van der Waals surface area contributed by atoms with Crippen molar-refractivity contribution in [2.75, 3.05) is 19.9 Å². The number of carbonyl (C=O) groups is 1. The van der Waals surface area contributed by atoms with E-state index in [-0.39, 0.29) is 12.7 Å². The Kier molecular flexibility index (Phi) is 3.67. The number of hydrogen-bond acceptors (Lipinski definition) is 5. The largest absolute Gasteiger partial charge is 0.454 e. The van der Waals surface area contributed by atoms with E-state index in [0.717, 1.165) is 48.0 Å². The van der Waals surface area contributed by atoms with Gasteiger partial charge >= 0.3 is 0 Å². The maximum Gasteiger partial charge on any atom is 0.231 e. The fraction of sp³-hybridized carbons (Fsp3) is 0.444. The van der Waals surface area contributed by atoms with Gasteiger partial charge < -0.3 is 18.9 Å². The molecule has 0 bridgehead atoms. The summed E-state index contributed by atoms with van der Waals surface area (Å²) in [5, 5.41) is 3.92. The molecule has 1 fully saturated rings. The number of fused-ring (bicyclic) bond motifs is 1. The molecule has 4 rings (SSSR count). The molecule has 1 aromatic carbocycles. The second kappa shape index (κ2) is 5.85. The molecule has 1 unspecified atom stereocenters. The molecule has 2 aromatic rings. The zero-order valence-electron chi connectivity index (χ0n) is 13.9. The van der Waals surface area contributed by atoms with E-state index in [1.165, 1.54) is 5.56 Å². The van der Waals surface area contributed by atoms with Crippen LogP contribution in [0.1, 0.15) is 34.9 Å². The Labute approximate surface area is 140 Å². The number of amides is 1. The third-order valence-electron chi connectivity index (χ3n) is 4.92. The average molecular weight is 328 g/mol. The van der Waals surface area contributed by atoms with Gasteiger partial charge in [-0.2, -0.15) is 0 Å².